The van der Waals surface area contributed by atoms with E-state index in [0.717, 1.165) is 49.3 Å². The van der Waals surface area contributed by atoms with Crippen molar-refractivity contribution in [1.82, 2.24) is 19.4 Å². The molecule has 1 aliphatic heterocycles. The molecule has 4 heterocycles. The number of pyridine rings is 1. The van der Waals surface area contributed by atoms with Crippen molar-refractivity contribution in [3.63, 3.8) is 0 Å². The fraction of sp³-hybridized carbons (Fsp3) is 0.250. The van der Waals surface area contributed by atoms with Gasteiger partial charge in [-0.3, -0.25) is 9.20 Å². The molecule has 14 heteroatoms. The number of amides is 1. The zero-order chi connectivity index (χ0) is 38.0. The number of halogens is 2. The molecule has 1 saturated heterocycles. The number of carbonyl (C=O) groups is 1. The number of fused-ring (bicyclic) bond motifs is 1. The van der Waals surface area contributed by atoms with Crippen molar-refractivity contribution in [2.24, 2.45) is 5.92 Å². The van der Waals surface area contributed by atoms with Crippen LogP contribution in [-0.2, 0) is 9.84 Å². The standard InChI is InChI=1S/C40H39F2N7O4S/c1-25-22-32(34(53-2)24-33(25)48-19-14-26(15-20-48)16-21-54(3,51)52)45-40-43-17-13-31(44-40)38-36(46-35-12-4-5-18-49(35)38)27-8-6-9-28(23-27)39(50)47-37-29(41)10-7-11-30(37)42/h4-13,17-18,22-24,26H,14-16,19-21H2,1-3H3,(H,47,50)(H,43,44,45). The van der Waals surface area contributed by atoms with Crippen molar-refractivity contribution >= 4 is 44.4 Å². The Morgan fingerprint density at radius 3 is 2.46 bits per heavy atom. The maximum Gasteiger partial charge on any atom is 0.255 e. The molecule has 1 aliphatic rings. The summed E-state index contributed by atoms with van der Waals surface area (Å²) < 4.78 is 59.7. The van der Waals surface area contributed by atoms with Crippen LogP contribution in [0.25, 0.3) is 28.3 Å². The van der Waals surface area contributed by atoms with Gasteiger partial charge in [0, 0.05) is 54.6 Å². The molecule has 54 heavy (non-hydrogen) atoms. The number of aryl methyl sites for hydroxylation is 1. The van der Waals surface area contributed by atoms with Crippen LogP contribution in [-0.4, -0.2) is 65.9 Å². The van der Waals surface area contributed by atoms with Gasteiger partial charge in [-0.25, -0.2) is 32.2 Å². The van der Waals surface area contributed by atoms with Gasteiger partial charge in [-0.15, -0.1) is 0 Å². The van der Waals surface area contributed by atoms with E-state index < -0.39 is 33.1 Å². The Morgan fingerprint density at radius 2 is 1.72 bits per heavy atom. The number of methoxy groups -OCH3 is 1. The molecule has 11 nitrogen and oxygen atoms in total. The number of benzene rings is 3. The summed E-state index contributed by atoms with van der Waals surface area (Å²) in [6, 6.07) is 21.4. The van der Waals surface area contributed by atoms with Crippen molar-refractivity contribution in [2.75, 3.05) is 47.7 Å². The third kappa shape index (κ3) is 7.88. The first-order chi connectivity index (χ1) is 26.0. The first-order valence-corrected chi connectivity index (χ1v) is 19.6. The first kappa shape index (κ1) is 36.5. The van der Waals surface area contributed by atoms with Crippen LogP contribution in [0.15, 0.2) is 91.3 Å². The molecular weight excluding hydrogens is 713 g/mol. The van der Waals surface area contributed by atoms with Crippen molar-refractivity contribution in [3.8, 4) is 28.4 Å². The second-order valence-electron chi connectivity index (χ2n) is 13.4. The Morgan fingerprint density at radius 1 is 0.963 bits per heavy atom. The number of anilines is 4. The fourth-order valence-electron chi connectivity index (χ4n) is 6.85. The zero-order valence-corrected chi connectivity index (χ0v) is 30.8. The molecule has 0 atom stereocenters. The molecule has 0 aliphatic carbocycles. The molecule has 2 N–H and O–H groups in total. The first-order valence-electron chi connectivity index (χ1n) is 17.5. The largest absolute Gasteiger partial charge is 0.494 e. The van der Waals surface area contributed by atoms with Crippen LogP contribution in [0.3, 0.4) is 0 Å². The molecule has 0 spiro atoms. The number of aromatic nitrogens is 4. The highest BCUT2D eigenvalue weighted by Crippen LogP contribution is 2.38. The van der Waals surface area contributed by atoms with E-state index >= 15 is 0 Å². The number of nitrogens with zero attached hydrogens (tertiary/aromatic N) is 5. The second-order valence-corrected chi connectivity index (χ2v) is 15.7. The summed E-state index contributed by atoms with van der Waals surface area (Å²) in [5.41, 5.74) is 5.41. The van der Waals surface area contributed by atoms with Gasteiger partial charge in [0.15, 0.2) is 0 Å². The van der Waals surface area contributed by atoms with Gasteiger partial charge < -0.3 is 20.3 Å². The molecule has 6 aromatic rings. The van der Waals surface area contributed by atoms with E-state index in [2.05, 4.69) is 20.5 Å². The number of carbonyl (C=O) groups excluding carboxylic acids is 1. The average molecular weight is 752 g/mol. The molecule has 3 aromatic heterocycles. The molecule has 3 aromatic carbocycles. The van der Waals surface area contributed by atoms with Crippen molar-refractivity contribution in [3.05, 3.63) is 114 Å². The monoisotopic (exact) mass is 751 g/mol. The number of nitrogens with one attached hydrogen (secondary N) is 2. The zero-order valence-electron chi connectivity index (χ0n) is 30.0. The topological polar surface area (TPSA) is 131 Å². The summed E-state index contributed by atoms with van der Waals surface area (Å²) in [6.45, 7) is 3.70. The number of hydrogen-bond donors (Lipinski definition) is 2. The van der Waals surface area contributed by atoms with Crippen LogP contribution in [0.4, 0.5) is 31.8 Å². The van der Waals surface area contributed by atoms with Gasteiger partial charge in [-0.2, -0.15) is 0 Å². The van der Waals surface area contributed by atoms with Crippen molar-refractivity contribution in [2.45, 2.75) is 26.2 Å². The molecule has 1 amide bonds. The van der Waals surface area contributed by atoms with E-state index in [-0.39, 0.29) is 11.3 Å². The van der Waals surface area contributed by atoms with E-state index in [9.17, 15) is 22.0 Å². The van der Waals surface area contributed by atoms with E-state index in [0.29, 0.717) is 58.0 Å². The number of para-hydroxylation sites is 1. The van der Waals surface area contributed by atoms with Gasteiger partial charge in [-0.05, 0) is 86.2 Å². The maximum absolute atomic E-state index is 14.3. The van der Waals surface area contributed by atoms with E-state index in [1.165, 1.54) is 12.3 Å². The summed E-state index contributed by atoms with van der Waals surface area (Å²) in [6.07, 6.45) is 7.34. The summed E-state index contributed by atoms with van der Waals surface area (Å²) >= 11 is 0. The lowest BCUT2D eigenvalue weighted by Gasteiger charge is -2.35. The maximum atomic E-state index is 14.3. The Labute approximate surface area is 312 Å². The lowest BCUT2D eigenvalue weighted by molar-refractivity contribution is 0.102. The van der Waals surface area contributed by atoms with Crippen LogP contribution < -0.4 is 20.3 Å². The molecule has 1 fully saturated rings. The highest BCUT2D eigenvalue weighted by atomic mass is 32.2. The second kappa shape index (κ2) is 15.2. The SMILES string of the molecule is COc1cc(N2CCC(CCS(C)(=O)=O)CC2)c(C)cc1Nc1nccc(-c2c(-c3cccc(C(=O)Nc4c(F)cccc4F)c3)nc3ccccn23)n1. The van der Waals surface area contributed by atoms with Gasteiger partial charge >= 0.3 is 0 Å². The third-order valence-corrected chi connectivity index (χ3v) is 10.6. The summed E-state index contributed by atoms with van der Waals surface area (Å²) in [5.74, 6) is -0.883. The van der Waals surface area contributed by atoms with Gasteiger partial charge in [0.1, 0.15) is 38.6 Å². The number of rotatable bonds is 11. The predicted octanol–water partition coefficient (Wildman–Crippen LogP) is 7.70. The molecule has 0 bridgehead atoms. The Bertz CT molecular complexity index is 2440. The molecule has 0 radical (unpaired) electrons. The average Bonchev–Trinajstić information content (AvgIpc) is 3.56. The van der Waals surface area contributed by atoms with Crippen LogP contribution in [0.5, 0.6) is 5.75 Å². The van der Waals surface area contributed by atoms with Gasteiger partial charge in [0.05, 0.1) is 35.6 Å². The molecule has 7 rings (SSSR count). The third-order valence-electron chi connectivity index (χ3n) is 9.64. The lowest BCUT2D eigenvalue weighted by Crippen LogP contribution is -2.34. The fourth-order valence-corrected chi connectivity index (χ4v) is 7.61. The van der Waals surface area contributed by atoms with Gasteiger partial charge in [0.2, 0.25) is 5.95 Å². The van der Waals surface area contributed by atoms with Crippen LogP contribution in [0, 0.1) is 24.5 Å². The highest BCUT2D eigenvalue weighted by Gasteiger charge is 2.24. The minimum atomic E-state index is -2.98. The van der Waals surface area contributed by atoms with Crippen molar-refractivity contribution in [1.29, 1.82) is 0 Å². The highest BCUT2D eigenvalue weighted by molar-refractivity contribution is 7.90. The van der Waals surface area contributed by atoms with Crippen LogP contribution in [0.2, 0.25) is 0 Å². The van der Waals surface area contributed by atoms with Crippen molar-refractivity contribution < 1.29 is 26.7 Å². The normalized spacial score (nSPS) is 13.6. The molecule has 0 saturated carbocycles. The minimum Gasteiger partial charge on any atom is -0.494 e. The molecule has 278 valence electrons. The number of imidazole rings is 1. The Hall–Kier alpha value is -5.89. The molecule has 0 unspecified atom stereocenters. The Balaban J connectivity index is 1.16. The predicted molar refractivity (Wildman–Crippen MR) is 206 cm³/mol. The van der Waals surface area contributed by atoms with Gasteiger partial charge in [-0.1, -0.05) is 24.3 Å². The summed E-state index contributed by atoms with van der Waals surface area (Å²) in [7, 11) is -1.36. The lowest BCUT2D eigenvalue weighted by atomic mass is 9.93. The number of sulfone groups is 1. The van der Waals surface area contributed by atoms with E-state index in [1.54, 1.807) is 43.6 Å². The van der Waals surface area contributed by atoms with Crippen LogP contribution in [0.1, 0.15) is 35.2 Å². The van der Waals surface area contributed by atoms with Crippen LogP contribution >= 0.6 is 0 Å². The Kier molecular flexibility index (Phi) is 10.3. The smallest absolute Gasteiger partial charge is 0.255 e. The number of piperidine rings is 1. The quantitative estimate of drug-likeness (QED) is 0.137. The molecular formula is C40H39F2N7O4S. The van der Waals surface area contributed by atoms with Gasteiger partial charge in [0.25, 0.3) is 5.91 Å². The summed E-state index contributed by atoms with van der Waals surface area (Å²) in [5, 5.41) is 5.68. The number of ether oxygens (including phenoxy) is 1. The number of hydrogen-bond acceptors (Lipinski definition) is 9. The van der Waals surface area contributed by atoms with E-state index in [4.69, 9.17) is 14.7 Å². The summed E-state index contributed by atoms with van der Waals surface area (Å²) in [4.78, 5) is 29.8. The van der Waals surface area contributed by atoms with E-state index in [1.807, 2.05) is 47.9 Å². The minimum absolute atomic E-state index is 0.186.